The molecule has 0 amide bonds. The minimum Gasteiger partial charge on any atom is -0.405 e. The number of allylic oxidation sites excluding steroid dienone is 2. The summed E-state index contributed by atoms with van der Waals surface area (Å²) in [5.41, 5.74) is 10.2. The maximum atomic E-state index is 5.10. The molecule has 0 heterocycles. The maximum absolute atomic E-state index is 5.10. The molecule has 0 saturated heterocycles. The molecule has 0 unspecified atom stereocenters. The van der Waals surface area contributed by atoms with Crippen LogP contribution in [0.1, 0.15) is 6.92 Å². The van der Waals surface area contributed by atoms with Crippen LogP contribution in [0.15, 0.2) is 24.6 Å². The Hall–Kier alpha value is -0.920. The van der Waals surface area contributed by atoms with E-state index in [0.717, 1.165) is 0 Å². The van der Waals surface area contributed by atoms with Gasteiger partial charge in [0.25, 0.3) is 0 Å². The molecular weight excluding hydrogens is 100 g/mol. The van der Waals surface area contributed by atoms with Gasteiger partial charge in [0.05, 0.1) is 0 Å². The average Bonchev–Trinajstić information content (AvgIpc) is 1.68. The van der Waals surface area contributed by atoms with Gasteiger partial charge in [-0.25, -0.2) is 0 Å². The number of hydrogen-bond acceptors (Lipinski definition) is 2. The van der Waals surface area contributed by atoms with Gasteiger partial charge >= 0.3 is 0 Å². The maximum Gasteiger partial charge on any atom is -0.00476 e. The van der Waals surface area contributed by atoms with E-state index in [4.69, 9.17) is 11.5 Å². The SMILES string of the molecule is CC(/C=C\N)/C=C\N. The zero-order chi connectivity index (χ0) is 6.41. The number of nitrogens with two attached hydrogens (primary N) is 2. The second-order valence-electron chi connectivity index (χ2n) is 1.63. The average molecular weight is 112 g/mol. The van der Waals surface area contributed by atoms with Gasteiger partial charge in [-0.2, -0.15) is 0 Å². The smallest absolute Gasteiger partial charge is 0.00476 e. The van der Waals surface area contributed by atoms with Crippen LogP contribution in [-0.2, 0) is 0 Å². The second kappa shape index (κ2) is 4.24. The van der Waals surface area contributed by atoms with Crippen LogP contribution in [-0.4, -0.2) is 0 Å². The van der Waals surface area contributed by atoms with Gasteiger partial charge in [0.15, 0.2) is 0 Å². The van der Waals surface area contributed by atoms with Crippen molar-refractivity contribution in [2.75, 3.05) is 0 Å². The summed E-state index contributed by atoms with van der Waals surface area (Å²) >= 11 is 0. The molecular formula is C6H12N2. The lowest BCUT2D eigenvalue weighted by molar-refractivity contribution is 0.932. The van der Waals surface area contributed by atoms with E-state index in [9.17, 15) is 0 Å². The van der Waals surface area contributed by atoms with Gasteiger partial charge < -0.3 is 11.5 Å². The van der Waals surface area contributed by atoms with E-state index in [0.29, 0.717) is 5.92 Å². The van der Waals surface area contributed by atoms with Crippen molar-refractivity contribution < 1.29 is 0 Å². The zero-order valence-electron chi connectivity index (χ0n) is 5.04. The molecule has 0 aromatic rings. The predicted octanol–water partition coefficient (Wildman–Crippen LogP) is 0.567. The molecule has 2 heteroatoms. The van der Waals surface area contributed by atoms with Gasteiger partial charge in [0, 0.05) is 0 Å². The first-order valence-electron chi connectivity index (χ1n) is 2.58. The van der Waals surface area contributed by atoms with Crippen molar-refractivity contribution in [1.82, 2.24) is 0 Å². The molecule has 0 saturated carbocycles. The normalized spacial score (nSPS) is 12.2. The fraction of sp³-hybridized carbons (Fsp3) is 0.333. The van der Waals surface area contributed by atoms with E-state index >= 15 is 0 Å². The lowest BCUT2D eigenvalue weighted by atomic mass is 10.2. The zero-order valence-corrected chi connectivity index (χ0v) is 5.04. The van der Waals surface area contributed by atoms with Crippen molar-refractivity contribution in [3.05, 3.63) is 24.6 Å². The Balaban J connectivity index is 3.47. The van der Waals surface area contributed by atoms with Crippen molar-refractivity contribution in [3.63, 3.8) is 0 Å². The Morgan fingerprint density at radius 1 is 1.12 bits per heavy atom. The largest absolute Gasteiger partial charge is 0.405 e. The highest BCUT2D eigenvalue weighted by Gasteiger charge is 1.83. The van der Waals surface area contributed by atoms with Crippen LogP contribution in [0, 0.1) is 5.92 Å². The monoisotopic (exact) mass is 112 g/mol. The van der Waals surface area contributed by atoms with E-state index in [1.165, 1.54) is 12.4 Å². The highest BCUT2D eigenvalue weighted by Crippen LogP contribution is 1.95. The Kier molecular flexibility index (Phi) is 3.76. The third-order valence-corrected chi connectivity index (χ3v) is 0.829. The van der Waals surface area contributed by atoms with Gasteiger partial charge in [-0.3, -0.25) is 0 Å². The summed E-state index contributed by atoms with van der Waals surface area (Å²) < 4.78 is 0. The molecule has 0 atom stereocenters. The molecule has 0 aromatic heterocycles. The molecule has 2 nitrogen and oxygen atoms in total. The third kappa shape index (κ3) is 3.28. The molecule has 0 spiro atoms. The summed E-state index contributed by atoms with van der Waals surface area (Å²) in [6.07, 6.45) is 6.77. The molecule has 46 valence electrons. The summed E-state index contributed by atoms with van der Waals surface area (Å²) in [5, 5.41) is 0. The second-order valence-corrected chi connectivity index (χ2v) is 1.63. The Morgan fingerprint density at radius 2 is 1.50 bits per heavy atom. The number of hydrogen-bond donors (Lipinski definition) is 2. The molecule has 4 N–H and O–H groups in total. The summed E-state index contributed by atoms with van der Waals surface area (Å²) in [6.45, 7) is 2.01. The van der Waals surface area contributed by atoms with Gasteiger partial charge in [-0.05, 0) is 18.3 Å². The summed E-state index contributed by atoms with van der Waals surface area (Å²) in [7, 11) is 0. The molecule has 0 aliphatic carbocycles. The van der Waals surface area contributed by atoms with Crippen molar-refractivity contribution >= 4 is 0 Å². The minimum atomic E-state index is 0.352. The first-order valence-corrected chi connectivity index (χ1v) is 2.58. The van der Waals surface area contributed by atoms with Crippen LogP contribution in [0.25, 0.3) is 0 Å². The van der Waals surface area contributed by atoms with Crippen molar-refractivity contribution in [2.24, 2.45) is 17.4 Å². The first kappa shape index (κ1) is 7.08. The van der Waals surface area contributed by atoms with Crippen molar-refractivity contribution in [2.45, 2.75) is 6.92 Å². The van der Waals surface area contributed by atoms with Crippen molar-refractivity contribution in [1.29, 1.82) is 0 Å². The van der Waals surface area contributed by atoms with Gasteiger partial charge in [0.1, 0.15) is 0 Å². The van der Waals surface area contributed by atoms with E-state index in [2.05, 4.69) is 0 Å². The number of rotatable bonds is 2. The molecule has 0 radical (unpaired) electrons. The fourth-order valence-corrected chi connectivity index (χ4v) is 0.415. The highest BCUT2D eigenvalue weighted by molar-refractivity contribution is 4.94. The van der Waals surface area contributed by atoms with E-state index in [1.54, 1.807) is 0 Å². The lowest BCUT2D eigenvalue weighted by Crippen LogP contribution is -1.87. The summed E-state index contributed by atoms with van der Waals surface area (Å²) in [4.78, 5) is 0. The van der Waals surface area contributed by atoms with Crippen LogP contribution in [0.3, 0.4) is 0 Å². The molecule has 0 aromatic carbocycles. The molecule has 0 rings (SSSR count). The quantitative estimate of drug-likeness (QED) is 0.548. The van der Waals surface area contributed by atoms with Crippen LogP contribution >= 0.6 is 0 Å². The van der Waals surface area contributed by atoms with Crippen LogP contribution in [0.2, 0.25) is 0 Å². The molecule has 0 fully saturated rings. The molecule has 8 heavy (non-hydrogen) atoms. The lowest BCUT2D eigenvalue weighted by Gasteiger charge is -1.92. The van der Waals surface area contributed by atoms with Crippen LogP contribution in [0.5, 0.6) is 0 Å². The Labute approximate surface area is 49.9 Å². The highest BCUT2D eigenvalue weighted by atomic mass is 14.5. The van der Waals surface area contributed by atoms with Gasteiger partial charge in [-0.1, -0.05) is 19.1 Å². The van der Waals surface area contributed by atoms with Crippen molar-refractivity contribution in [3.8, 4) is 0 Å². The minimum absolute atomic E-state index is 0.352. The Bertz CT molecular complexity index is 82.7. The first-order chi connectivity index (χ1) is 3.81. The molecule has 0 aliphatic heterocycles. The third-order valence-electron chi connectivity index (χ3n) is 0.829. The van der Waals surface area contributed by atoms with Gasteiger partial charge in [-0.15, -0.1) is 0 Å². The Morgan fingerprint density at radius 3 is 1.75 bits per heavy atom. The summed E-state index contributed by atoms with van der Waals surface area (Å²) in [6, 6.07) is 0. The van der Waals surface area contributed by atoms with E-state index in [1.807, 2.05) is 19.1 Å². The predicted molar refractivity (Wildman–Crippen MR) is 35.8 cm³/mol. The molecule has 0 bridgehead atoms. The summed E-state index contributed by atoms with van der Waals surface area (Å²) in [5.74, 6) is 0.352. The standard InChI is InChI=1S/C6H12N2/c1-6(2-4-7)3-5-8/h2-6H,7-8H2,1H3/b4-2-,5-3-. The van der Waals surface area contributed by atoms with E-state index < -0.39 is 0 Å². The molecule has 0 aliphatic rings. The van der Waals surface area contributed by atoms with E-state index in [-0.39, 0.29) is 0 Å². The van der Waals surface area contributed by atoms with Gasteiger partial charge in [0.2, 0.25) is 0 Å². The van der Waals surface area contributed by atoms with Crippen LogP contribution < -0.4 is 11.5 Å². The van der Waals surface area contributed by atoms with Crippen LogP contribution in [0.4, 0.5) is 0 Å². The topological polar surface area (TPSA) is 52.0 Å². The fourth-order valence-electron chi connectivity index (χ4n) is 0.415.